The number of carboxylic acids is 1. The number of thioether (sulfide) groups is 1. The Bertz CT molecular complexity index is 1380. The Hall–Kier alpha value is -4.06. The van der Waals surface area contributed by atoms with Crippen molar-refractivity contribution in [2.45, 2.75) is 11.8 Å². The number of ether oxygens (including phenoxy) is 1. The maximum absolute atomic E-state index is 11.9. The average molecular weight is 489 g/mol. The number of halogens is 1. The van der Waals surface area contributed by atoms with E-state index in [0.717, 1.165) is 22.9 Å². The number of nitriles is 1. The molecule has 0 unspecified atom stereocenters. The predicted octanol–water partition coefficient (Wildman–Crippen LogP) is 5.79. The molecule has 0 aliphatic heterocycles. The van der Waals surface area contributed by atoms with Crippen LogP contribution in [0, 0.1) is 11.3 Å². The molecule has 168 valence electrons. The molecule has 4 aromatic rings. The molecule has 4 rings (SSSR count). The first-order valence-corrected chi connectivity index (χ1v) is 11.2. The number of hydrogen-bond donors (Lipinski definition) is 2. The quantitative estimate of drug-likeness (QED) is 0.238. The van der Waals surface area contributed by atoms with Crippen LogP contribution < -0.4 is 4.74 Å². The van der Waals surface area contributed by atoms with E-state index >= 15 is 0 Å². The third kappa shape index (κ3) is 5.84. The summed E-state index contributed by atoms with van der Waals surface area (Å²) in [7, 11) is 0. The monoisotopic (exact) mass is 488 g/mol. The van der Waals surface area contributed by atoms with E-state index in [0.29, 0.717) is 27.7 Å². The average Bonchev–Trinajstić information content (AvgIpc) is 3.32. The maximum Gasteiger partial charge on any atom is 0.342 e. The van der Waals surface area contributed by atoms with Gasteiger partial charge in [0, 0.05) is 16.1 Å². The highest BCUT2D eigenvalue weighted by Crippen LogP contribution is 2.30. The molecule has 0 amide bonds. The van der Waals surface area contributed by atoms with Gasteiger partial charge in [-0.15, -0.1) is 5.10 Å². The zero-order chi connectivity index (χ0) is 23.9. The second kappa shape index (κ2) is 10.7. The van der Waals surface area contributed by atoms with E-state index in [1.165, 1.54) is 6.08 Å². The van der Waals surface area contributed by atoms with Crippen molar-refractivity contribution in [3.05, 3.63) is 99.4 Å². The Morgan fingerprint density at radius 1 is 1.12 bits per heavy atom. The van der Waals surface area contributed by atoms with Crippen molar-refractivity contribution in [3.8, 4) is 23.2 Å². The second-order valence-corrected chi connectivity index (χ2v) is 8.47. The van der Waals surface area contributed by atoms with Gasteiger partial charge in [0.1, 0.15) is 17.3 Å². The molecule has 1 heterocycles. The van der Waals surface area contributed by atoms with E-state index in [1.54, 1.807) is 54.6 Å². The van der Waals surface area contributed by atoms with Crippen LogP contribution in [0.25, 0.3) is 17.5 Å². The number of aromatic amines is 1. The Balaban J connectivity index is 1.52. The van der Waals surface area contributed by atoms with Crippen LogP contribution in [0.15, 0.2) is 82.9 Å². The van der Waals surface area contributed by atoms with Crippen molar-refractivity contribution in [2.75, 3.05) is 0 Å². The van der Waals surface area contributed by atoms with Crippen LogP contribution in [-0.2, 0) is 11.4 Å². The minimum Gasteiger partial charge on any atom is -0.488 e. The Morgan fingerprint density at radius 2 is 1.85 bits per heavy atom. The standard InChI is InChI=1S/C25H17ClN4O3S/c26-20-11-9-18(10-12-20)23-28-25(30-29-23)34-22(24(31)32)13-19-3-1-2-4-21(19)33-15-17-7-5-16(14-27)6-8-17/h1-13H,15H2,(H,31,32)(H,28,29,30)/b22-13-. The SMILES string of the molecule is N#Cc1ccc(COc2ccccc2/C=C(\Sc2n[nH]c(-c3ccc(Cl)cc3)n2)C(=O)O)cc1. The van der Waals surface area contributed by atoms with Crippen LogP contribution >= 0.6 is 23.4 Å². The number of aliphatic carboxylic acids is 1. The maximum atomic E-state index is 11.9. The molecule has 0 fully saturated rings. The number of aromatic nitrogens is 3. The van der Waals surface area contributed by atoms with Gasteiger partial charge in [-0.1, -0.05) is 41.9 Å². The molecule has 0 atom stereocenters. The van der Waals surface area contributed by atoms with Crippen LogP contribution in [0.4, 0.5) is 0 Å². The molecule has 9 heteroatoms. The zero-order valence-electron chi connectivity index (χ0n) is 17.6. The summed E-state index contributed by atoms with van der Waals surface area (Å²) in [5, 5.41) is 26.5. The van der Waals surface area contributed by atoms with Gasteiger partial charge in [0.15, 0.2) is 5.82 Å². The van der Waals surface area contributed by atoms with Gasteiger partial charge in [-0.2, -0.15) is 5.26 Å². The third-order valence-corrected chi connectivity index (χ3v) is 5.81. The van der Waals surface area contributed by atoms with Gasteiger partial charge in [0.2, 0.25) is 5.16 Å². The van der Waals surface area contributed by atoms with Gasteiger partial charge >= 0.3 is 5.97 Å². The lowest BCUT2D eigenvalue weighted by atomic mass is 10.1. The third-order valence-electron chi connectivity index (χ3n) is 4.68. The van der Waals surface area contributed by atoms with Crippen LogP contribution in [0.5, 0.6) is 5.75 Å². The summed E-state index contributed by atoms with van der Waals surface area (Å²) in [6.07, 6.45) is 1.53. The van der Waals surface area contributed by atoms with Gasteiger partial charge in [-0.05, 0) is 65.9 Å². The smallest absolute Gasteiger partial charge is 0.342 e. The summed E-state index contributed by atoms with van der Waals surface area (Å²) in [5.74, 6) is -0.0668. The molecule has 0 bridgehead atoms. The molecule has 1 aromatic heterocycles. The second-order valence-electron chi connectivity index (χ2n) is 7.02. The van der Waals surface area contributed by atoms with Crippen LogP contribution in [0.3, 0.4) is 0 Å². The topological polar surface area (TPSA) is 112 Å². The number of nitrogens with one attached hydrogen (secondary N) is 1. The van der Waals surface area contributed by atoms with E-state index in [2.05, 4.69) is 21.3 Å². The van der Waals surface area contributed by atoms with Crippen molar-refractivity contribution in [2.24, 2.45) is 0 Å². The van der Waals surface area contributed by atoms with Crippen molar-refractivity contribution < 1.29 is 14.6 Å². The highest BCUT2D eigenvalue weighted by molar-refractivity contribution is 8.04. The summed E-state index contributed by atoms with van der Waals surface area (Å²) in [6, 6.07) is 23.4. The fraction of sp³-hybridized carbons (Fsp3) is 0.0400. The number of H-pyrrole nitrogens is 1. The number of hydrogen-bond acceptors (Lipinski definition) is 6. The highest BCUT2D eigenvalue weighted by atomic mass is 35.5. The number of carboxylic acid groups (broad SMARTS) is 1. The van der Waals surface area contributed by atoms with Crippen LogP contribution in [0.1, 0.15) is 16.7 Å². The highest BCUT2D eigenvalue weighted by Gasteiger charge is 2.15. The largest absolute Gasteiger partial charge is 0.488 e. The summed E-state index contributed by atoms with van der Waals surface area (Å²) in [4.78, 5) is 16.4. The molecule has 0 aliphatic carbocycles. The fourth-order valence-electron chi connectivity index (χ4n) is 2.97. The van der Waals surface area contributed by atoms with Crippen molar-refractivity contribution in [3.63, 3.8) is 0 Å². The van der Waals surface area contributed by atoms with E-state index in [4.69, 9.17) is 21.6 Å². The van der Waals surface area contributed by atoms with E-state index in [1.807, 2.05) is 18.2 Å². The van der Waals surface area contributed by atoms with Crippen LogP contribution in [-0.4, -0.2) is 26.3 Å². The van der Waals surface area contributed by atoms with Crippen molar-refractivity contribution in [1.29, 1.82) is 5.26 Å². The lowest BCUT2D eigenvalue weighted by molar-refractivity contribution is -0.131. The molecule has 2 N–H and O–H groups in total. The summed E-state index contributed by atoms with van der Waals surface area (Å²) < 4.78 is 5.92. The molecule has 0 spiro atoms. The first kappa shape index (κ1) is 23.1. The Morgan fingerprint density at radius 3 is 2.56 bits per heavy atom. The van der Waals surface area contributed by atoms with E-state index in [9.17, 15) is 9.90 Å². The molecule has 0 saturated carbocycles. The van der Waals surface area contributed by atoms with E-state index < -0.39 is 5.97 Å². The number of rotatable bonds is 8. The van der Waals surface area contributed by atoms with Crippen molar-refractivity contribution >= 4 is 35.4 Å². The molecule has 34 heavy (non-hydrogen) atoms. The number of nitrogens with zero attached hydrogens (tertiary/aromatic N) is 3. The van der Waals surface area contributed by atoms with Crippen molar-refractivity contribution in [1.82, 2.24) is 15.2 Å². The van der Waals surface area contributed by atoms with Gasteiger partial charge in [0.25, 0.3) is 0 Å². The zero-order valence-corrected chi connectivity index (χ0v) is 19.2. The van der Waals surface area contributed by atoms with Gasteiger partial charge < -0.3 is 9.84 Å². The first-order valence-electron chi connectivity index (χ1n) is 10.0. The molecular formula is C25H17ClN4O3S. The van der Waals surface area contributed by atoms with Gasteiger partial charge in [-0.3, -0.25) is 5.10 Å². The lowest BCUT2D eigenvalue weighted by Gasteiger charge is -2.10. The Labute approximate surface area is 204 Å². The molecule has 0 saturated heterocycles. The Kier molecular flexibility index (Phi) is 7.28. The molecule has 0 aliphatic rings. The summed E-state index contributed by atoms with van der Waals surface area (Å²) in [5.41, 5.74) is 2.85. The fourth-order valence-corrected chi connectivity index (χ4v) is 3.80. The van der Waals surface area contributed by atoms with Crippen LogP contribution in [0.2, 0.25) is 5.02 Å². The molecule has 7 nitrogen and oxygen atoms in total. The molecule has 3 aromatic carbocycles. The van der Waals surface area contributed by atoms with E-state index in [-0.39, 0.29) is 16.7 Å². The summed E-state index contributed by atoms with van der Waals surface area (Å²) >= 11 is 6.86. The number of carbonyl (C=O) groups is 1. The molecule has 0 radical (unpaired) electrons. The number of para-hydroxylation sites is 1. The predicted molar refractivity (Wildman–Crippen MR) is 130 cm³/mol. The first-order chi connectivity index (χ1) is 16.5. The minimum absolute atomic E-state index is 0.0380. The summed E-state index contributed by atoms with van der Waals surface area (Å²) in [6.45, 7) is 0.275. The minimum atomic E-state index is -1.11. The lowest BCUT2D eigenvalue weighted by Crippen LogP contribution is -2.00. The van der Waals surface area contributed by atoms with Gasteiger partial charge in [0.05, 0.1) is 11.6 Å². The van der Waals surface area contributed by atoms with Gasteiger partial charge in [-0.25, -0.2) is 9.78 Å². The normalized spacial score (nSPS) is 11.1. The number of benzene rings is 3. The molecular weight excluding hydrogens is 472 g/mol.